The Morgan fingerprint density at radius 2 is 1.80 bits per heavy atom. The van der Waals surface area contributed by atoms with Gasteiger partial charge in [0.25, 0.3) is 0 Å². The lowest BCUT2D eigenvalue weighted by molar-refractivity contribution is -0.120. The van der Waals surface area contributed by atoms with Gasteiger partial charge in [0.1, 0.15) is 5.82 Å². The van der Waals surface area contributed by atoms with Gasteiger partial charge in [-0.05, 0) is 30.5 Å². The number of carbonyl (C=O) groups excluding carboxylic acids is 1. The number of nitrogens with zero attached hydrogens (tertiary/aromatic N) is 1. The van der Waals surface area contributed by atoms with Crippen molar-refractivity contribution in [3.05, 3.63) is 35.6 Å². The Kier molecular flexibility index (Phi) is 10.4. The van der Waals surface area contributed by atoms with E-state index in [-0.39, 0.29) is 42.1 Å². The Labute approximate surface area is 166 Å². The molecule has 0 unspecified atom stereocenters. The third-order valence-corrected chi connectivity index (χ3v) is 4.20. The maximum atomic E-state index is 12.8. The number of amides is 1. The largest absolute Gasteiger partial charge is 0.370 e. The fraction of sp³-hybridized carbons (Fsp3) is 0.556. The average molecular weight is 462 g/mol. The van der Waals surface area contributed by atoms with Crippen molar-refractivity contribution in [3.63, 3.8) is 0 Å². The number of guanidine groups is 1. The van der Waals surface area contributed by atoms with E-state index in [1.807, 2.05) is 0 Å². The first-order chi connectivity index (χ1) is 11.6. The molecule has 0 saturated heterocycles. The van der Waals surface area contributed by atoms with Crippen molar-refractivity contribution in [1.82, 2.24) is 10.6 Å². The highest BCUT2D eigenvalue weighted by molar-refractivity contribution is 14.0. The van der Waals surface area contributed by atoms with Crippen LogP contribution in [-0.4, -0.2) is 31.0 Å². The quantitative estimate of drug-likeness (QED) is 0.200. The lowest BCUT2D eigenvalue weighted by Crippen LogP contribution is -2.40. The van der Waals surface area contributed by atoms with Gasteiger partial charge < -0.3 is 16.4 Å². The summed E-state index contributed by atoms with van der Waals surface area (Å²) in [5.74, 6) is 0.0481. The van der Waals surface area contributed by atoms with Crippen molar-refractivity contribution >= 4 is 35.8 Å². The second kappa shape index (κ2) is 12.1. The van der Waals surface area contributed by atoms with Gasteiger partial charge in [0.15, 0.2) is 5.96 Å². The number of carbonyl (C=O) groups is 1. The SMILES string of the molecule is I.NC(=NCCNC(=O)Cc1ccc(F)cc1)NC1CCCCCC1. The molecule has 5 nitrogen and oxygen atoms in total. The van der Waals surface area contributed by atoms with Crippen molar-refractivity contribution in [2.75, 3.05) is 13.1 Å². The first kappa shape index (κ1) is 21.7. The standard InChI is InChI=1S/C18H27FN4O.HI/c19-15-9-7-14(8-10-15)13-17(24)21-11-12-22-18(20)23-16-5-3-1-2-4-6-16;/h7-10,16H,1-6,11-13H2,(H,21,24)(H3,20,22,23);1H. The minimum absolute atomic E-state index is 0. The molecule has 1 aromatic carbocycles. The molecule has 140 valence electrons. The highest BCUT2D eigenvalue weighted by Crippen LogP contribution is 2.16. The maximum absolute atomic E-state index is 12.8. The zero-order valence-electron chi connectivity index (χ0n) is 14.5. The third kappa shape index (κ3) is 9.04. The molecule has 1 fully saturated rings. The van der Waals surface area contributed by atoms with Crippen LogP contribution in [0.25, 0.3) is 0 Å². The van der Waals surface area contributed by atoms with Gasteiger partial charge in [-0.2, -0.15) is 0 Å². The molecule has 0 bridgehead atoms. The van der Waals surface area contributed by atoms with Crippen LogP contribution in [0.3, 0.4) is 0 Å². The second-order valence-corrected chi connectivity index (χ2v) is 6.25. The number of nitrogens with two attached hydrogens (primary N) is 1. The van der Waals surface area contributed by atoms with Crippen LogP contribution >= 0.6 is 24.0 Å². The second-order valence-electron chi connectivity index (χ2n) is 6.25. The molecule has 4 N–H and O–H groups in total. The molecule has 1 aromatic rings. The van der Waals surface area contributed by atoms with Crippen molar-refractivity contribution in [2.24, 2.45) is 10.7 Å². The predicted octanol–water partition coefficient (Wildman–Crippen LogP) is 2.73. The third-order valence-electron chi connectivity index (χ3n) is 4.20. The maximum Gasteiger partial charge on any atom is 0.224 e. The predicted molar refractivity (Wildman–Crippen MR) is 110 cm³/mol. The van der Waals surface area contributed by atoms with Gasteiger partial charge in [0.2, 0.25) is 5.91 Å². The summed E-state index contributed by atoms with van der Waals surface area (Å²) in [6.45, 7) is 0.883. The van der Waals surface area contributed by atoms with Crippen LogP contribution in [0.4, 0.5) is 4.39 Å². The number of aliphatic imine (C=N–C) groups is 1. The molecule has 0 aromatic heterocycles. The van der Waals surface area contributed by atoms with Crippen LogP contribution in [0.1, 0.15) is 44.1 Å². The van der Waals surface area contributed by atoms with Crippen LogP contribution in [0.15, 0.2) is 29.3 Å². The van der Waals surface area contributed by atoms with E-state index in [1.165, 1.54) is 37.8 Å². The van der Waals surface area contributed by atoms with E-state index in [2.05, 4.69) is 15.6 Å². The van der Waals surface area contributed by atoms with Crippen LogP contribution in [0.2, 0.25) is 0 Å². The number of hydrogen-bond acceptors (Lipinski definition) is 2. The molecular formula is C18H28FIN4O. The van der Waals surface area contributed by atoms with Gasteiger partial charge in [-0.3, -0.25) is 9.79 Å². The highest BCUT2D eigenvalue weighted by Gasteiger charge is 2.12. The summed E-state index contributed by atoms with van der Waals surface area (Å²) in [4.78, 5) is 16.1. The molecule has 7 heteroatoms. The number of nitrogens with one attached hydrogen (secondary N) is 2. The van der Waals surface area contributed by atoms with Gasteiger partial charge in [-0.1, -0.05) is 37.8 Å². The zero-order chi connectivity index (χ0) is 17.2. The van der Waals surface area contributed by atoms with Crippen molar-refractivity contribution in [2.45, 2.75) is 51.0 Å². The molecule has 1 saturated carbocycles. The van der Waals surface area contributed by atoms with Gasteiger partial charge in [-0.15, -0.1) is 24.0 Å². The van der Waals surface area contributed by atoms with E-state index in [4.69, 9.17) is 5.73 Å². The lowest BCUT2D eigenvalue weighted by Gasteiger charge is -2.16. The molecule has 25 heavy (non-hydrogen) atoms. The molecular weight excluding hydrogens is 434 g/mol. The molecule has 2 rings (SSSR count). The van der Waals surface area contributed by atoms with Gasteiger partial charge >= 0.3 is 0 Å². The van der Waals surface area contributed by atoms with Crippen LogP contribution in [0.5, 0.6) is 0 Å². The molecule has 0 heterocycles. The summed E-state index contributed by atoms with van der Waals surface area (Å²) in [6.07, 6.45) is 7.61. The minimum Gasteiger partial charge on any atom is -0.370 e. The summed E-state index contributed by atoms with van der Waals surface area (Å²) >= 11 is 0. The van der Waals surface area contributed by atoms with Crippen LogP contribution in [0, 0.1) is 5.82 Å². The van der Waals surface area contributed by atoms with Crippen molar-refractivity contribution in [3.8, 4) is 0 Å². The number of halogens is 2. The Bertz CT molecular complexity index is 543. The molecule has 1 aliphatic carbocycles. The molecule has 1 amide bonds. The molecule has 0 aliphatic heterocycles. The summed E-state index contributed by atoms with van der Waals surface area (Å²) in [6, 6.07) is 6.35. The van der Waals surface area contributed by atoms with Crippen LogP contribution < -0.4 is 16.4 Å². The molecule has 0 radical (unpaired) electrons. The van der Waals surface area contributed by atoms with Gasteiger partial charge in [0.05, 0.1) is 13.0 Å². The van der Waals surface area contributed by atoms with E-state index in [1.54, 1.807) is 12.1 Å². The van der Waals surface area contributed by atoms with Gasteiger partial charge in [0, 0.05) is 12.6 Å². The van der Waals surface area contributed by atoms with E-state index in [0.717, 1.165) is 18.4 Å². The van der Waals surface area contributed by atoms with E-state index >= 15 is 0 Å². The van der Waals surface area contributed by atoms with E-state index < -0.39 is 0 Å². The Balaban J connectivity index is 0.00000312. The monoisotopic (exact) mass is 462 g/mol. The Morgan fingerprint density at radius 3 is 2.44 bits per heavy atom. The summed E-state index contributed by atoms with van der Waals surface area (Å²) in [7, 11) is 0. The topological polar surface area (TPSA) is 79.5 Å². The fourth-order valence-corrected chi connectivity index (χ4v) is 2.90. The first-order valence-corrected chi connectivity index (χ1v) is 8.71. The lowest BCUT2D eigenvalue weighted by atomic mass is 10.1. The first-order valence-electron chi connectivity index (χ1n) is 8.71. The number of rotatable bonds is 6. The molecule has 0 spiro atoms. The number of hydrogen-bond donors (Lipinski definition) is 3. The van der Waals surface area contributed by atoms with E-state index in [0.29, 0.717) is 25.1 Å². The smallest absolute Gasteiger partial charge is 0.224 e. The van der Waals surface area contributed by atoms with E-state index in [9.17, 15) is 9.18 Å². The normalized spacial score (nSPS) is 15.8. The van der Waals surface area contributed by atoms with Crippen molar-refractivity contribution in [1.29, 1.82) is 0 Å². The summed E-state index contributed by atoms with van der Waals surface area (Å²) in [5, 5.41) is 6.06. The molecule has 0 atom stereocenters. The number of benzene rings is 1. The minimum atomic E-state index is -0.301. The van der Waals surface area contributed by atoms with Gasteiger partial charge in [-0.25, -0.2) is 4.39 Å². The highest BCUT2D eigenvalue weighted by atomic mass is 127. The summed E-state index contributed by atoms with van der Waals surface area (Å²) in [5.41, 5.74) is 6.69. The zero-order valence-corrected chi connectivity index (χ0v) is 16.8. The van der Waals surface area contributed by atoms with Crippen molar-refractivity contribution < 1.29 is 9.18 Å². The van der Waals surface area contributed by atoms with Crippen LogP contribution in [-0.2, 0) is 11.2 Å². The molecule has 1 aliphatic rings. The Morgan fingerprint density at radius 1 is 1.16 bits per heavy atom. The Hall–Kier alpha value is -1.38. The summed E-state index contributed by atoms with van der Waals surface area (Å²) < 4.78 is 12.8. The average Bonchev–Trinajstić information content (AvgIpc) is 2.82. The fourth-order valence-electron chi connectivity index (χ4n) is 2.90.